The van der Waals surface area contributed by atoms with Crippen LogP contribution in [0.25, 0.3) is 21.9 Å². The average molecular weight is 504 g/mol. The summed E-state index contributed by atoms with van der Waals surface area (Å²) < 4.78 is 0. The van der Waals surface area contributed by atoms with E-state index in [4.69, 9.17) is 0 Å². The van der Waals surface area contributed by atoms with Crippen molar-refractivity contribution in [1.29, 1.82) is 0 Å². The van der Waals surface area contributed by atoms with Gasteiger partial charge in [-0.15, -0.1) is 47.0 Å². The molecule has 0 fully saturated rings. The minimum atomic E-state index is 0. The molecular weight excluding hydrogens is 468 g/mol. The normalized spacial score (nSPS) is 14.4. The fraction of sp³-hybridized carbons (Fsp3) is 0.276. The van der Waals surface area contributed by atoms with Gasteiger partial charge in [0.15, 0.2) is 0 Å². The molecule has 0 aliphatic heterocycles. The summed E-state index contributed by atoms with van der Waals surface area (Å²) in [4.78, 5) is 0. The summed E-state index contributed by atoms with van der Waals surface area (Å²) in [7, 11) is 0. The van der Waals surface area contributed by atoms with Crippen molar-refractivity contribution < 1.29 is 23.3 Å². The zero-order chi connectivity index (χ0) is 21.7. The molecule has 0 nitrogen and oxygen atoms in total. The molecule has 0 saturated heterocycles. The number of rotatable bonds is 1. The molecule has 0 spiro atoms. The van der Waals surface area contributed by atoms with Gasteiger partial charge in [0.05, 0.1) is 0 Å². The van der Waals surface area contributed by atoms with Crippen LogP contribution in [0.15, 0.2) is 65.3 Å². The Bertz CT molecular complexity index is 1050. The maximum absolute atomic E-state index is 3.36. The fourth-order valence-electron chi connectivity index (χ4n) is 3.84. The van der Waals surface area contributed by atoms with E-state index in [1.807, 2.05) is 0 Å². The van der Waals surface area contributed by atoms with Gasteiger partial charge >= 0.3 is 30.2 Å². The third kappa shape index (κ3) is 6.80. The van der Waals surface area contributed by atoms with Crippen LogP contribution in [0.4, 0.5) is 0 Å². The summed E-state index contributed by atoms with van der Waals surface area (Å²) in [5.41, 5.74) is 11.0. The Morgan fingerprint density at radius 2 is 1.42 bits per heavy atom. The van der Waals surface area contributed by atoms with E-state index in [1.54, 1.807) is 0 Å². The standard InChI is InChI=1S/C18H17.C9H13.2CH3.Si.Zr/c1-12-9-16-10-14(3)18(17(16)11-13(12)2)15-7-5-4-6-8-15;1-6-5-7(2)9(4)8(6)3;;;;/h4-11H,1-3H3;6H,1-4H3;2*1H3;;/q4*-1;;. The zero-order valence-electron chi connectivity index (χ0n) is 20.7. The first-order valence-electron chi connectivity index (χ1n) is 10.0. The van der Waals surface area contributed by atoms with E-state index in [0.29, 0.717) is 5.92 Å². The predicted molar refractivity (Wildman–Crippen MR) is 138 cm³/mol. The summed E-state index contributed by atoms with van der Waals surface area (Å²) in [5.74, 6) is 0.560. The Hall–Kier alpha value is -1.37. The fourth-order valence-corrected chi connectivity index (χ4v) is 3.84. The van der Waals surface area contributed by atoms with Gasteiger partial charge in [-0.25, -0.2) is 5.57 Å². The molecule has 2 radical (unpaired) electrons. The van der Waals surface area contributed by atoms with Crippen molar-refractivity contribution >= 4 is 17.7 Å². The molecule has 1 aliphatic carbocycles. The molecule has 0 N–H and O–H groups in total. The summed E-state index contributed by atoms with van der Waals surface area (Å²) in [6.45, 7) is 18.3. The summed E-state index contributed by atoms with van der Waals surface area (Å²) >= 11 is 1.36. The van der Waals surface area contributed by atoms with E-state index in [2.05, 4.69) is 110 Å². The molecule has 1 atom stereocenters. The SMILES string of the molecule is CC1=[C-]C(C)C(C)=C1C.Cc1cc2[cH-]c(C)c(-c3ccccc3)c2cc1C.[CH3-].[CH3-].[Si]=[Zr]. The molecule has 0 amide bonds. The van der Waals surface area contributed by atoms with Gasteiger partial charge in [0.2, 0.25) is 0 Å². The number of hydrogen-bond acceptors (Lipinski definition) is 0. The van der Waals surface area contributed by atoms with Crippen molar-refractivity contribution in [3.05, 3.63) is 103 Å². The third-order valence-electron chi connectivity index (χ3n) is 6.00. The van der Waals surface area contributed by atoms with Crippen LogP contribution < -0.4 is 0 Å². The number of benzene rings is 2. The first-order valence-corrected chi connectivity index (χ1v) is 14.2. The van der Waals surface area contributed by atoms with Crippen molar-refractivity contribution in [2.45, 2.75) is 48.5 Å². The number of fused-ring (bicyclic) bond motifs is 1. The Morgan fingerprint density at radius 3 is 1.87 bits per heavy atom. The van der Waals surface area contributed by atoms with Crippen LogP contribution in [-0.2, 0) is 23.3 Å². The number of allylic oxidation sites excluding steroid dienone is 4. The molecule has 4 rings (SSSR count). The summed E-state index contributed by atoms with van der Waals surface area (Å²) in [6.07, 6.45) is 3.36. The molecule has 0 bridgehead atoms. The van der Waals surface area contributed by atoms with E-state index in [0.717, 1.165) is 0 Å². The molecule has 0 aromatic heterocycles. The minimum absolute atomic E-state index is 0. The van der Waals surface area contributed by atoms with Crippen molar-refractivity contribution in [2.24, 2.45) is 5.92 Å². The predicted octanol–water partition coefficient (Wildman–Crippen LogP) is 8.39. The molecule has 31 heavy (non-hydrogen) atoms. The van der Waals surface area contributed by atoms with Gasteiger partial charge in [-0.1, -0.05) is 80.6 Å². The van der Waals surface area contributed by atoms with E-state index in [1.165, 1.54) is 78.6 Å². The van der Waals surface area contributed by atoms with Gasteiger partial charge in [0.25, 0.3) is 0 Å². The molecule has 164 valence electrons. The van der Waals surface area contributed by atoms with Crippen LogP contribution in [-0.4, -0.2) is 6.88 Å². The molecule has 1 unspecified atom stereocenters. The molecule has 3 aromatic rings. The van der Waals surface area contributed by atoms with E-state index in [9.17, 15) is 0 Å². The van der Waals surface area contributed by atoms with Crippen molar-refractivity contribution in [1.82, 2.24) is 0 Å². The van der Waals surface area contributed by atoms with E-state index in [-0.39, 0.29) is 14.9 Å². The van der Waals surface area contributed by atoms with E-state index < -0.39 is 0 Å². The van der Waals surface area contributed by atoms with Crippen molar-refractivity contribution in [3.63, 3.8) is 0 Å². The summed E-state index contributed by atoms with van der Waals surface area (Å²) in [5, 5.41) is 2.73. The van der Waals surface area contributed by atoms with Crippen LogP contribution in [0, 0.1) is 47.6 Å². The van der Waals surface area contributed by atoms with Gasteiger partial charge in [-0.05, 0) is 13.8 Å². The second-order valence-corrected chi connectivity index (χ2v) is 7.89. The van der Waals surface area contributed by atoms with Crippen LogP contribution in [0.1, 0.15) is 44.4 Å². The van der Waals surface area contributed by atoms with Crippen molar-refractivity contribution in [2.75, 3.05) is 0 Å². The first kappa shape index (κ1) is 29.6. The Balaban J connectivity index is 0.000000595. The van der Waals surface area contributed by atoms with Gasteiger partial charge in [-0.2, -0.15) is 11.1 Å². The second kappa shape index (κ2) is 13.2. The number of aryl methyl sites for hydroxylation is 3. The van der Waals surface area contributed by atoms with Gasteiger partial charge in [-0.3, -0.25) is 6.08 Å². The zero-order valence-corrected chi connectivity index (χ0v) is 24.2. The number of hydrogen-bond donors (Lipinski definition) is 0. The van der Waals surface area contributed by atoms with Gasteiger partial charge in [0.1, 0.15) is 0 Å². The van der Waals surface area contributed by atoms with Gasteiger partial charge < -0.3 is 14.9 Å². The van der Waals surface area contributed by atoms with E-state index >= 15 is 0 Å². The third-order valence-corrected chi connectivity index (χ3v) is 6.00. The topological polar surface area (TPSA) is 0 Å². The Kier molecular flexibility index (Phi) is 12.7. The molecule has 2 heteroatoms. The molecule has 1 aliphatic rings. The quantitative estimate of drug-likeness (QED) is 0.231. The summed E-state index contributed by atoms with van der Waals surface area (Å²) in [6, 6.07) is 17.6. The average Bonchev–Trinajstić information content (AvgIpc) is 3.14. The molecule has 3 aromatic carbocycles. The van der Waals surface area contributed by atoms with Crippen LogP contribution in [0.3, 0.4) is 0 Å². The van der Waals surface area contributed by atoms with Crippen LogP contribution in [0.5, 0.6) is 0 Å². The monoisotopic (exact) mass is 502 g/mol. The molecular formula is C29H36SiZr-4. The van der Waals surface area contributed by atoms with Crippen LogP contribution in [0.2, 0.25) is 0 Å². The molecule has 0 saturated carbocycles. The van der Waals surface area contributed by atoms with Gasteiger partial charge in [0, 0.05) is 0 Å². The molecule has 0 heterocycles. The Morgan fingerprint density at radius 1 is 0.871 bits per heavy atom. The second-order valence-electron chi connectivity index (χ2n) is 7.89. The maximum atomic E-state index is 3.36. The van der Waals surface area contributed by atoms with Crippen LogP contribution >= 0.6 is 0 Å². The first-order chi connectivity index (χ1) is 13.8. The Labute approximate surface area is 208 Å². The van der Waals surface area contributed by atoms with Crippen molar-refractivity contribution in [3.8, 4) is 11.1 Å².